The smallest absolute Gasteiger partial charge is 0.325 e. The van der Waals surface area contributed by atoms with Gasteiger partial charge in [0.1, 0.15) is 0 Å². The van der Waals surface area contributed by atoms with Crippen molar-refractivity contribution in [3.05, 3.63) is 76.7 Å². The highest BCUT2D eigenvalue weighted by atomic mass is 32.2. The molecule has 4 aromatic rings. The lowest BCUT2D eigenvalue weighted by molar-refractivity contribution is -0.143. The number of nitrogens with one attached hydrogen (secondary N) is 1. The number of aromatic nitrogens is 3. The number of benzene rings is 2. The summed E-state index contributed by atoms with van der Waals surface area (Å²) in [6.45, 7) is 1.92. The fourth-order valence-corrected chi connectivity index (χ4v) is 4.66. The van der Waals surface area contributed by atoms with Gasteiger partial charge in [0.05, 0.1) is 21.8 Å². The van der Waals surface area contributed by atoms with Crippen LogP contribution in [0.2, 0.25) is 0 Å². The lowest BCUT2D eigenvalue weighted by atomic mass is 10.1. The van der Waals surface area contributed by atoms with E-state index < -0.39 is 35.1 Å². The molecule has 0 aliphatic heterocycles. The van der Waals surface area contributed by atoms with E-state index in [0.717, 1.165) is 27.9 Å². The molecule has 5 nitrogen and oxygen atoms in total. The van der Waals surface area contributed by atoms with Crippen molar-refractivity contribution >= 4 is 34.7 Å². The molecule has 0 bridgehead atoms. The van der Waals surface area contributed by atoms with E-state index in [1.165, 1.54) is 11.3 Å². The van der Waals surface area contributed by atoms with E-state index in [4.69, 9.17) is 0 Å². The fourth-order valence-electron chi connectivity index (χ4n) is 3.21. The first kappa shape index (κ1) is 25.8. The number of alkyl halides is 6. The van der Waals surface area contributed by atoms with E-state index in [0.29, 0.717) is 23.1 Å². The molecular formula is C23H16F6N4OS2. The van der Waals surface area contributed by atoms with Gasteiger partial charge in [0.15, 0.2) is 11.0 Å². The van der Waals surface area contributed by atoms with Gasteiger partial charge >= 0.3 is 12.4 Å². The highest BCUT2D eigenvalue weighted by molar-refractivity contribution is 7.99. The summed E-state index contributed by atoms with van der Waals surface area (Å²) in [6, 6.07) is 12.1. The predicted molar refractivity (Wildman–Crippen MR) is 125 cm³/mol. The van der Waals surface area contributed by atoms with Crippen LogP contribution in [0.1, 0.15) is 16.7 Å². The lowest BCUT2D eigenvalue weighted by Crippen LogP contribution is -2.17. The molecule has 0 radical (unpaired) electrons. The summed E-state index contributed by atoms with van der Waals surface area (Å²) in [4.78, 5) is 13.3. The summed E-state index contributed by atoms with van der Waals surface area (Å²) >= 11 is 2.39. The quantitative estimate of drug-likeness (QED) is 0.209. The topological polar surface area (TPSA) is 59.8 Å². The molecule has 188 valence electrons. The second kappa shape index (κ2) is 9.97. The number of thiophene rings is 1. The van der Waals surface area contributed by atoms with Gasteiger partial charge in [-0.05, 0) is 48.7 Å². The normalized spacial score (nSPS) is 12.1. The van der Waals surface area contributed by atoms with Crippen LogP contribution < -0.4 is 5.32 Å². The molecule has 13 heteroatoms. The first-order chi connectivity index (χ1) is 16.9. The molecule has 0 unspecified atom stereocenters. The zero-order chi connectivity index (χ0) is 26.1. The standard InChI is InChI=1S/C23H16F6N4OS2/c1-13-4-6-17(7-5-13)33-20(18-3-2-8-35-18)31-32-21(33)36-12-19(34)30-16-10-14(22(24,25)26)9-15(11-16)23(27,28)29/h2-11H,12H2,1H3,(H,30,34). The first-order valence-corrected chi connectivity index (χ1v) is 12.1. The van der Waals surface area contributed by atoms with Gasteiger partial charge in [0.25, 0.3) is 0 Å². The Morgan fingerprint density at radius 1 is 0.972 bits per heavy atom. The second-order valence-electron chi connectivity index (χ2n) is 7.59. The van der Waals surface area contributed by atoms with Crippen LogP contribution in [0, 0.1) is 6.92 Å². The van der Waals surface area contributed by atoms with Crippen LogP contribution in [0.5, 0.6) is 0 Å². The maximum absolute atomic E-state index is 13.1. The van der Waals surface area contributed by atoms with E-state index in [9.17, 15) is 31.1 Å². The van der Waals surface area contributed by atoms with Crippen molar-refractivity contribution in [2.24, 2.45) is 0 Å². The van der Waals surface area contributed by atoms with Gasteiger partial charge in [0.2, 0.25) is 5.91 Å². The van der Waals surface area contributed by atoms with Crippen molar-refractivity contribution in [1.29, 1.82) is 0 Å². The number of halogens is 6. The van der Waals surface area contributed by atoms with Crippen LogP contribution in [-0.2, 0) is 17.1 Å². The molecule has 2 aromatic carbocycles. The molecule has 0 fully saturated rings. The summed E-state index contributed by atoms with van der Waals surface area (Å²) in [5.74, 6) is -0.598. The zero-order valence-electron chi connectivity index (χ0n) is 18.3. The molecule has 1 N–H and O–H groups in total. The average Bonchev–Trinajstić information content (AvgIpc) is 3.47. The van der Waals surface area contributed by atoms with Gasteiger partial charge in [0, 0.05) is 11.4 Å². The number of rotatable bonds is 6. The van der Waals surface area contributed by atoms with Crippen LogP contribution in [0.4, 0.5) is 32.0 Å². The maximum Gasteiger partial charge on any atom is 0.416 e. The molecule has 0 saturated heterocycles. The summed E-state index contributed by atoms with van der Waals surface area (Å²) in [5.41, 5.74) is -1.89. The molecule has 0 spiro atoms. The van der Waals surface area contributed by atoms with E-state index in [1.807, 2.05) is 48.7 Å². The van der Waals surface area contributed by atoms with E-state index in [1.54, 1.807) is 4.57 Å². The predicted octanol–water partition coefficient (Wildman–Crippen LogP) is 7.07. The minimum absolute atomic E-state index is 0.000555. The lowest BCUT2D eigenvalue weighted by Gasteiger charge is -2.15. The van der Waals surface area contributed by atoms with Crippen molar-refractivity contribution < 1.29 is 31.1 Å². The van der Waals surface area contributed by atoms with E-state index >= 15 is 0 Å². The number of amides is 1. The summed E-state index contributed by atoms with van der Waals surface area (Å²) in [5, 5.41) is 12.7. The van der Waals surface area contributed by atoms with Crippen molar-refractivity contribution in [2.75, 3.05) is 11.1 Å². The number of aryl methyl sites for hydroxylation is 1. The minimum atomic E-state index is -5.02. The molecule has 0 aliphatic rings. The van der Waals surface area contributed by atoms with Gasteiger partial charge in [-0.25, -0.2) is 0 Å². The third-order valence-corrected chi connectivity index (χ3v) is 6.67. The van der Waals surface area contributed by atoms with Gasteiger partial charge in [-0.15, -0.1) is 21.5 Å². The Hall–Kier alpha value is -3.32. The van der Waals surface area contributed by atoms with Crippen LogP contribution in [0.15, 0.2) is 65.1 Å². The molecule has 1 amide bonds. The van der Waals surface area contributed by atoms with E-state index in [2.05, 4.69) is 15.5 Å². The number of carbonyl (C=O) groups excluding carboxylic acids is 1. The Bertz CT molecular complexity index is 1330. The number of hydrogen-bond donors (Lipinski definition) is 1. The zero-order valence-corrected chi connectivity index (χ0v) is 19.9. The van der Waals surface area contributed by atoms with Crippen molar-refractivity contribution in [3.63, 3.8) is 0 Å². The Balaban J connectivity index is 1.57. The van der Waals surface area contributed by atoms with E-state index in [-0.39, 0.29) is 11.8 Å². The Kier molecular flexibility index (Phi) is 7.14. The third-order valence-electron chi connectivity index (χ3n) is 4.87. The molecule has 36 heavy (non-hydrogen) atoms. The largest absolute Gasteiger partial charge is 0.416 e. The summed E-state index contributed by atoms with van der Waals surface area (Å²) in [7, 11) is 0. The van der Waals surface area contributed by atoms with Crippen molar-refractivity contribution in [2.45, 2.75) is 24.4 Å². The van der Waals surface area contributed by atoms with Gasteiger partial charge in [-0.1, -0.05) is 35.5 Å². The SMILES string of the molecule is Cc1ccc(-n2c(SCC(=O)Nc3cc(C(F)(F)F)cc(C(F)(F)F)c3)nnc2-c2cccs2)cc1. The molecule has 2 aromatic heterocycles. The van der Waals surface area contributed by atoms with Gasteiger partial charge < -0.3 is 5.32 Å². The highest BCUT2D eigenvalue weighted by Crippen LogP contribution is 2.38. The third kappa shape index (κ3) is 5.90. The van der Waals surface area contributed by atoms with Gasteiger partial charge in [-0.2, -0.15) is 26.3 Å². The molecule has 0 aliphatic carbocycles. The number of carbonyl (C=O) groups is 1. The molecule has 2 heterocycles. The van der Waals surface area contributed by atoms with Crippen LogP contribution in [0.3, 0.4) is 0 Å². The Morgan fingerprint density at radius 3 is 2.17 bits per heavy atom. The summed E-state index contributed by atoms with van der Waals surface area (Å²) < 4.78 is 80.3. The number of thioether (sulfide) groups is 1. The Labute approximate surface area is 209 Å². The highest BCUT2D eigenvalue weighted by Gasteiger charge is 2.37. The van der Waals surface area contributed by atoms with Crippen LogP contribution >= 0.6 is 23.1 Å². The number of hydrogen-bond acceptors (Lipinski definition) is 5. The summed E-state index contributed by atoms with van der Waals surface area (Å²) in [6.07, 6.45) is -10.0. The maximum atomic E-state index is 13.1. The molecular weight excluding hydrogens is 526 g/mol. The first-order valence-electron chi connectivity index (χ1n) is 10.2. The van der Waals surface area contributed by atoms with Gasteiger partial charge in [-0.3, -0.25) is 9.36 Å². The fraction of sp³-hybridized carbons (Fsp3) is 0.174. The number of nitrogens with zero attached hydrogens (tertiary/aromatic N) is 3. The second-order valence-corrected chi connectivity index (χ2v) is 9.48. The minimum Gasteiger partial charge on any atom is -0.325 e. The monoisotopic (exact) mass is 542 g/mol. The van der Waals surface area contributed by atoms with Crippen molar-refractivity contribution in [3.8, 4) is 16.4 Å². The number of anilines is 1. The molecule has 4 rings (SSSR count). The molecule has 0 atom stereocenters. The Morgan fingerprint density at radius 2 is 1.61 bits per heavy atom. The van der Waals surface area contributed by atoms with Crippen LogP contribution in [0.25, 0.3) is 16.4 Å². The van der Waals surface area contributed by atoms with Crippen molar-refractivity contribution in [1.82, 2.24) is 14.8 Å². The average molecular weight is 543 g/mol. The van der Waals surface area contributed by atoms with Crippen LogP contribution in [-0.4, -0.2) is 26.4 Å². The molecule has 0 saturated carbocycles.